The van der Waals surface area contributed by atoms with Gasteiger partial charge in [0.05, 0.1) is 11.3 Å². The highest BCUT2D eigenvalue weighted by molar-refractivity contribution is 5.85. The number of carbonyl (C=O) groups excluding carboxylic acids is 1. The highest BCUT2D eigenvalue weighted by atomic mass is 35.5. The fourth-order valence-electron chi connectivity index (χ4n) is 2.80. The predicted molar refractivity (Wildman–Crippen MR) is 91.9 cm³/mol. The number of piperidine rings is 1. The lowest BCUT2D eigenvalue weighted by Crippen LogP contribution is -2.41. The maximum Gasteiger partial charge on any atom is 0.269 e. The third-order valence-corrected chi connectivity index (χ3v) is 4.13. The molecule has 0 saturated carbocycles. The summed E-state index contributed by atoms with van der Waals surface area (Å²) in [6, 6.07) is 6.32. The second-order valence-corrected chi connectivity index (χ2v) is 5.74. The first-order valence-corrected chi connectivity index (χ1v) is 7.82. The number of amides is 1. The molecule has 0 aliphatic carbocycles. The van der Waals surface area contributed by atoms with Crippen molar-refractivity contribution in [1.29, 1.82) is 0 Å². The molecule has 128 valence electrons. The van der Waals surface area contributed by atoms with Gasteiger partial charge in [-0.3, -0.25) is 14.9 Å². The number of nitrogens with one attached hydrogen (secondary N) is 1. The molecule has 6 nitrogen and oxygen atoms in total. The Labute approximate surface area is 142 Å². The molecule has 2 rings (SSSR count). The van der Waals surface area contributed by atoms with Gasteiger partial charge in [0.2, 0.25) is 5.91 Å². The number of hydrogen-bond acceptors (Lipinski definition) is 4. The number of halogens is 1. The molecule has 1 heterocycles. The van der Waals surface area contributed by atoms with Gasteiger partial charge in [-0.05, 0) is 37.4 Å². The molecule has 23 heavy (non-hydrogen) atoms. The van der Waals surface area contributed by atoms with E-state index < -0.39 is 4.92 Å². The summed E-state index contributed by atoms with van der Waals surface area (Å²) in [5, 5.41) is 14.1. The van der Waals surface area contributed by atoms with Crippen molar-refractivity contribution in [1.82, 2.24) is 10.2 Å². The molecule has 1 aliphatic rings. The van der Waals surface area contributed by atoms with E-state index >= 15 is 0 Å². The lowest BCUT2D eigenvalue weighted by Gasteiger charge is -2.32. The van der Waals surface area contributed by atoms with E-state index in [0.29, 0.717) is 11.5 Å². The number of benzene rings is 1. The molecule has 0 radical (unpaired) electrons. The lowest BCUT2D eigenvalue weighted by molar-refractivity contribution is -0.384. The lowest BCUT2D eigenvalue weighted by atomic mass is 9.96. The molecule has 1 aliphatic heterocycles. The Bertz CT molecular complexity index is 531. The smallest absolute Gasteiger partial charge is 0.269 e. The first kappa shape index (κ1) is 19.4. The van der Waals surface area contributed by atoms with E-state index in [4.69, 9.17) is 0 Å². The monoisotopic (exact) mass is 341 g/mol. The van der Waals surface area contributed by atoms with Crippen molar-refractivity contribution in [2.45, 2.75) is 26.2 Å². The van der Waals surface area contributed by atoms with Crippen molar-refractivity contribution >= 4 is 24.0 Å². The zero-order chi connectivity index (χ0) is 15.9. The topological polar surface area (TPSA) is 75.5 Å². The highest BCUT2D eigenvalue weighted by Crippen LogP contribution is 2.19. The molecule has 0 atom stereocenters. The van der Waals surface area contributed by atoms with Crippen molar-refractivity contribution in [2.24, 2.45) is 5.92 Å². The number of hydrogen-bond donors (Lipinski definition) is 1. The quantitative estimate of drug-likeness (QED) is 0.637. The number of nitro benzene ring substituents is 1. The van der Waals surface area contributed by atoms with Crippen LogP contribution in [0.2, 0.25) is 0 Å². The summed E-state index contributed by atoms with van der Waals surface area (Å²) in [5.41, 5.74) is 0.739. The third kappa shape index (κ3) is 5.80. The van der Waals surface area contributed by atoms with Crippen LogP contribution in [0.25, 0.3) is 0 Å². The van der Waals surface area contributed by atoms with Gasteiger partial charge in [0.25, 0.3) is 5.69 Å². The van der Waals surface area contributed by atoms with E-state index in [1.54, 1.807) is 12.1 Å². The molecule has 7 heteroatoms. The van der Waals surface area contributed by atoms with Gasteiger partial charge in [-0.25, -0.2) is 0 Å². The minimum atomic E-state index is -0.430. The molecule has 1 fully saturated rings. The van der Waals surface area contributed by atoms with Crippen molar-refractivity contribution in [3.63, 3.8) is 0 Å². The van der Waals surface area contributed by atoms with Crippen molar-refractivity contribution in [3.05, 3.63) is 39.9 Å². The summed E-state index contributed by atoms with van der Waals surface area (Å²) in [4.78, 5) is 24.5. The number of rotatable bonds is 6. The summed E-state index contributed by atoms with van der Waals surface area (Å²) in [6.45, 7) is 5.65. The molecule has 0 aromatic heterocycles. The molecule has 1 aromatic rings. The summed E-state index contributed by atoms with van der Waals surface area (Å²) in [7, 11) is 0. The number of likely N-dealkylation sites (tertiary alicyclic amines) is 1. The summed E-state index contributed by atoms with van der Waals surface area (Å²) >= 11 is 0. The van der Waals surface area contributed by atoms with Gasteiger partial charge in [0.1, 0.15) is 0 Å². The van der Waals surface area contributed by atoms with Crippen LogP contribution in [-0.2, 0) is 11.2 Å². The molecule has 1 aromatic carbocycles. The predicted octanol–water partition coefficient (Wildman–Crippen LogP) is 2.41. The minimum absolute atomic E-state index is 0. The zero-order valence-corrected chi connectivity index (χ0v) is 14.2. The van der Waals surface area contributed by atoms with Crippen molar-refractivity contribution in [3.8, 4) is 0 Å². The van der Waals surface area contributed by atoms with E-state index in [1.807, 2.05) is 4.90 Å². The van der Waals surface area contributed by atoms with Crippen LogP contribution in [0.15, 0.2) is 24.3 Å². The van der Waals surface area contributed by atoms with Gasteiger partial charge in [-0.1, -0.05) is 19.1 Å². The fourth-order valence-corrected chi connectivity index (χ4v) is 2.80. The standard InChI is InChI=1S/C16H23N3O3.ClH/c1-2-17-12-13-6-8-18(9-7-13)16(20)11-14-4-3-5-15(10-14)19(21)22;/h3-5,10,13,17H,2,6-9,11-12H2,1H3;1H. The summed E-state index contributed by atoms with van der Waals surface area (Å²) in [6.07, 6.45) is 2.28. The van der Waals surface area contributed by atoms with Crippen molar-refractivity contribution < 1.29 is 9.72 Å². The van der Waals surface area contributed by atoms with Crippen LogP contribution < -0.4 is 5.32 Å². The third-order valence-electron chi connectivity index (χ3n) is 4.13. The molecular formula is C16H24ClN3O3. The number of non-ortho nitro benzene ring substituents is 1. The van der Waals surface area contributed by atoms with E-state index in [2.05, 4.69) is 12.2 Å². The second kappa shape index (κ2) is 9.47. The Morgan fingerprint density at radius 3 is 2.70 bits per heavy atom. The number of carbonyl (C=O) groups is 1. The first-order chi connectivity index (χ1) is 10.6. The van der Waals surface area contributed by atoms with Crippen LogP contribution in [0.1, 0.15) is 25.3 Å². The SMILES string of the molecule is CCNCC1CCN(C(=O)Cc2cccc([N+](=O)[O-])c2)CC1.Cl. The van der Waals surface area contributed by atoms with Gasteiger partial charge in [-0.2, -0.15) is 0 Å². The normalized spacial score (nSPS) is 15.1. The summed E-state index contributed by atoms with van der Waals surface area (Å²) in [5.74, 6) is 0.698. The fraction of sp³-hybridized carbons (Fsp3) is 0.562. The average Bonchev–Trinajstić information content (AvgIpc) is 2.53. The van der Waals surface area contributed by atoms with Crippen LogP contribution in [0.3, 0.4) is 0 Å². The summed E-state index contributed by atoms with van der Waals surface area (Å²) < 4.78 is 0. The molecule has 1 amide bonds. The second-order valence-electron chi connectivity index (χ2n) is 5.74. The largest absolute Gasteiger partial charge is 0.342 e. The van der Waals surface area contributed by atoms with Crippen molar-refractivity contribution in [2.75, 3.05) is 26.2 Å². The zero-order valence-electron chi connectivity index (χ0n) is 13.4. The molecule has 1 saturated heterocycles. The molecule has 0 bridgehead atoms. The maximum absolute atomic E-state index is 12.3. The van der Waals surface area contributed by atoms with E-state index in [0.717, 1.165) is 39.0 Å². The Kier molecular flexibility index (Phi) is 7.98. The molecule has 0 unspecified atom stereocenters. The van der Waals surface area contributed by atoms with E-state index in [-0.39, 0.29) is 30.4 Å². The first-order valence-electron chi connectivity index (χ1n) is 7.82. The van der Waals surface area contributed by atoms with Gasteiger partial charge in [-0.15, -0.1) is 12.4 Å². The Hall–Kier alpha value is -1.66. The molecule has 0 spiro atoms. The van der Waals surface area contributed by atoms with Gasteiger partial charge < -0.3 is 10.2 Å². The minimum Gasteiger partial charge on any atom is -0.342 e. The van der Waals surface area contributed by atoms with E-state index in [9.17, 15) is 14.9 Å². The Morgan fingerprint density at radius 1 is 1.39 bits per heavy atom. The number of nitro groups is 1. The average molecular weight is 342 g/mol. The van der Waals surface area contributed by atoms with E-state index in [1.165, 1.54) is 12.1 Å². The van der Waals surface area contributed by atoms with Crippen LogP contribution >= 0.6 is 12.4 Å². The van der Waals surface area contributed by atoms with Crippen LogP contribution in [0.4, 0.5) is 5.69 Å². The van der Waals surface area contributed by atoms with Gasteiger partial charge in [0.15, 0.2) is 0 Å². The number of nitrogens with zero attached hydrogens (tertiary/aromatic N) is 2. The van der Waals surface area contributed by atoms with Gasteiger partial charge >= 0.3 is 0 Å². The molecule has 1 N–H and O–H groups in total. The van der Waals surface area contributed by atoms with Crippen LogP contribution in [-0.4, -0.2) is 41.9 Å². The molecular weight excluding hydrogens is 318 g/mol. The Morgan fingerprint density at radius 2 is 2.09 bits per heavy atom. The maximum atomic E-state index is 12.3. The van der Waals surface area contributed by atoms with Crippen LogP contribution in [0, 0.1) is 16.0 Å². The Balaban J connectivity index is 0.00000264. The highest BCUT2D eigenvalue weighted by Gasteiger charge is 2.22. The van der Waals surface area contributed by atoms with Crippen LogP contribution in [0.5, 0.6) is 0 Å². The van der Waals surface area contributed by atoms with Gasteiger partial charge in [0, 0.05) is 25.2 Å².